The zero-order chi connectivity index (χ0) is 14.5. The number of aromatic nitrogens is 2. The van der Waals surface area contributed by atoms with Gasteiger partial charge in [-0.25, -0.2) is 9.97 Å². The Hall–Kier alpha value is -1.89. The van der Waals surface area contributed by atoms with Crippen molar-refractivity contribution in [1.82, 2.24) is 15.3 Å². The topological polar surface area (TPSA) is 76.6 Å². The minimum absolute atomic E-state index is 0.135. The number of rotatable bonds is 6. The van der Waals surface area contributed by atoms with Crippen molar-refractivity contribution in [2.75, 3.05) is 44.4 Å². The van der Waals surface area contributed by atoms with E-state index < -0.39 is 0 Å². The fourth-order valence-corrected chi connectivity index (χ4v) is 2.19. The molecule has 7 heteroatoms. The van der Waals surface area contributed by atoms with Crippen LogP contribution >= 0.6 is 0 Å². The average molecular weight is 292 g/mol. The SMILES string of the molecule is O=C(NCCOc1cc(N2CCOCC2)ncn1)C1CC1. The zero-order valence-electron chi connectivity index (χ0n) is 12.0. The van der Waals surface area contributed by atoms with Crippen LogP contribution in [0.2, 0.25) is 0 Å². The van der Waals surface area contributed by atoms with Gasteiger partial charge < -0.3 is 19.7 Å². The van der Waals surface area contributed by atoms with E-state index in [2.05, 4.69) is 20.2 Å². The summed E-state index contributed by atoms with van der Waals surface area (Å²) < 4.78 is 10.9. The van der Waals surface area contributed by atoms with Crippen LogP contribution in [0.3, 0.4) is 0 Å². The molecule has 2 fully saturated rings. The minimum Gasteiger partial charge on any atom is -0.476 e. The first kappa shape index (κ1) is 14.1. The number of nitrogens with one attached hydrogen (secondary N) is 1. The molecule has 0 aromatic carbocycles. The van der Waals surface area contributed by atoms with E-state index >= 15 is 0 Å². The third-order valence-corrected chi connectivity index (χ3v) is 3.56. The van der Waals surface area contributed by atoms with Crippen molar-refractivity contribution >= 4 is 11.7 Å². The Morgan fingerprint density at radius 2 is 2.19 bits per heavy atom. The summed E-state index contributed by atoms with van der Waals surface area (Å²) >= 11 is 0. The molecular formula is C14H20N4O3. The van der Waals surface area contributed by atoms with Gasteiger partial charge in [0.1, 0.15) is 18.8 Å². The maximum absolute atomic E-state index is 11.5. The Balaban J connectivity index is 1.45. The summed E-state index contributed by atoms with van der Waals surface area (Å²) in [5.74, 6) is 1.75. The van der Waals surface area contributed by atoms with E-state index in [4.69, 9.17) is 9.47 Å². The maximum atomic E-state index is 11.5. The molecule has 2 aliphatic rings. The molecule has 0 atom stereocenters. The van der Waals surface area contributed by atoms with Crippen molar-refractivity contribution in [3.63, 3.8) is 0 Å². The van der Waals surface area contributed by atoms with E-state index in [1.54, 1.807) is 0 Å². The molecule has 0 unspecified atom stereocenters. The number of morpholine rings is 1. The molecule has 2 heterocycles. The van der Waals surface area contributed by atoms with Gasteiger partial charge in [0.15, 0.2) is 0 Å². The highest BCUT2D eigenvalue weighted by molar-refractivity contribution is 5.80. The van der Waals surface area contributed by atoms with Gasteiger partial charge in [-0.2, -0.15) is 0 Å². The van der Waals surface area contributed by atoms with Crippen molar-refractivity contribution in [3.05, 3.63) is 12.4 Å². The van der Waals surface area contributed by atoms with Crippen molar-refractivity contribution in [1.29, 1.82) is 0 Å². The number of hydrogen-bond acceptors (Lipinski definition) is 6. The Kier molecular flexibility index (Phi) is 4.49. The molecule has 0 radical (unpaired) electrons. The molecule has 0 spiro atoms. The van der Waals surface area contributed by atoms with Gasteiger partial charge in [-0.15, -0.1) is 0 Å². The van der Waals surface area contributed by atoms with Gasteiger partial charge in [0.05, 0.1) is 19.8 Å². The molecular weight excluding hydrogens is 272 g/mol. The van der Waals surface area contributed by atoms with Crippen molar-refractivity contribution in [2.45, 2.75) is 12.8 Å². The van der Waals surface area contributed by atoms with Gasteiger partial charge in [0, 0.05) is 25.1 Å². The fourth-order valence-electron chi connectivity index (χ4n) is 2.19. The van der Waals surface area contributed by atoms with E-state index in [9.17, 15) is 4.79 Å². The van der Waals surface area contributed by atoms with E-state index in [0.717, 1.165) is 31.7 Å². The van der Waals surface area contributed by atoms with Crippen molar-refractivity contribution in [3.8, 4) is 5.88 Å². The second-order valence-electron chi connectivity index (χ2n) is 5.23. The smallest absolute Gasteiger partial charge is 0.223 e. The summed E-state index contributed by atoms with van der Waals surface area (Å²) in [7, 11) is 0. The number of ether oxygens (including phenoxy) is 2. The third-order valence-electron chi connectivity index (χ3n) is 3.56. The molecule has 1 N–H and O–H groups in total. The monoisotopic (exact) mass is 292 g/mol. The van der Waals surface area contributed by atoms with Gasteiger partial charge in [-0.3, -0.25) is 4.79 Å². The van der Waals surface area contributed by atoms with E-state index in [0.29, 0.717) is 32.2 Å². The number of nitrogens with zero attached hydrogens (tertiary/aromatic N) is 3. The highest BCUT2D eigenvalue weighted by Gasteiger charge is 2.29. The Labute approximate surface area is 123 Å². The first-order valence-corrected chi connectivity index (χ1v) is 7.38. The largest absolute Gasteiger partial charge is 0.476 e. The van der Waals surface area contributed by atoms with Gasteiger partial charge in [-0.1, -0.05) is 0 Å². The molecule has 1 aromatic rings. The van der Waals surface area contributed by atoms with Crippen LogP contribution in [0.25, 0.3) is 0 Å². The third kappa shape index (κ3) is 4.04. The van der Waals surface area contributed by atoms with Gasteiger partial charge >= 0.3 is 0 Å². The fraction of sp³-hybridized carbons (Fsp3) is 0.643. The minimum atomic E-state index is 0.135. The lowest BCUT2D eigenvalue weighted by Crippen LogP contribution is -2.36. The molecule has 7 nitrogen and oxygen atoms in total. The summed E-state index contributed by atoms with van der Waals surface area (Å²) in [6.45, 7) is 4.01. The number of anilines is 1. The van der Waals surface area contributed by atoms with Crippen LogP contribution in [0.15, 0.2) is 12.4 Å². The lowest BCUT2D eigenvalue weighted by Gasteiger charge is -2.27. The second-order valence-corrected chi connectivity index (χ2v) is 5.23. The predicted molar refractivity (Wildman–Crippen MR) is 76.3 cm³/mol. The van der Waals surface area contributed by atoms with Crippen LogP contribution < -0.4 is 15.0 Å². The van der Waals surface area contributed by atoms with Crippen LogP contribution in [-0.2, 0) is 9.53 Å². The lowest BCUT2D eigenvalue weighted by molar-refractivity contribution is -0.122. The molecule has 1 saturated carbocycles. The van der Waals surface area contributed by atoms with E-state index in [1.165, 1.54) is 6.33 Å². The quantitative estimate of drug-likeness (QED) is 0.756. The Morgan fingerprint density at radius 1 is 1.38 bits per heavy atom. The number of hydrogen-bond donors (Lipinski definition) is 1. The van der Waals surface area contributed by atoms with E-state index in [1.807, 2.05) is 6.07 Å². The Bertz CT molecular complexity index is 487. The molecule has 1 saturated heterocycles. The number of carbonyl (C=O) groups is 1. The summed E-state index contributed by atoms with van der Waals surface area (Å²) in [5.41, 5.74) is 0. The average Bonchev–Trinajstić information content (AvgIpc) is 3.37. The molecule has 21 heavy (non-hydrogen) atoms. The summed E-state index contributed by atoms with van der Waals surface area (Å²) in [5, 5.41) is 2.86. The molecule has 1 aliphatic carbocycles. The van der Waals surface area contributed by atoms with Gasteiger partial charge in [0.2, 0.25) is 11.8 Å². The highest BCUT2D eigenvalue weighted by atomic mass is 16.5. The molecule has 1 aromatic heterocycles. The van der Waals surface area contributed by atoms with Gasteiger partial charge in [-0.05, 0) is 12.8 Å². The summed E-state index contributed by atoms with van der Waals surface area (Å²) in [4.78, 5) is 22.0. The van der Waals surface area contributed by atoms with Crippen LogP contribution in [0.4, 0.5) is 5.82 Å². The molecule has 3 rings (SSSR count). The van der Waals surface area contributed by atoms with Crippen molar-refractivity contribution in [2.24, 2.45) is 5.92 Å². The normalized spacial score (nSPS) is 18.4. The second kappa shape index (κ2) is 6.71. The highest BCUT2D eigenvalue weighted by Crippen LogP contribution is 2.28. The first-order valence-electron chi connectivity index (χ1n) is 7.38. The van der Waals surface area contributed by atoms with Crippen LogP contribution in [0.5, 0.6) is 5.88 Å². The van der Waals surface area contributed by atoms with Crippen LogP contribution in [-0.4, -0.2) is 55.3 Å². The first-order chi connectivity index (χ1) is 10.3. The molecule has 114 valence electrons. The van der Waals surface area contributed by atoms with Crippen molar-refractivity contribution < 1.29 is 14.3 Å². The number of carbonyl (C=O) groups excluding carboxylic acids is 1. The predicted octanol–water partition coefficient (Wildman–Crippen LogP) is 0.218. The number of amides is 1. The zero-order valence-corrected chi connectivity index (χ0v) is 12.0. The standard InChI is InChI=1S/C14H20N4O3/c19-14(11-1-2-11)15-3-6-21-13-9-12(16-10-17-13)18-4-7-20-8-5-18/h9-11H,1-8H2,(H,15,19). The molecule has 1 amide bonds. The Morgan fingerprint density at radius 3 is 2.95 bits per heavy atom. The lowest BCUT2D eigenvalue weighted by atomic mass is 10.4. The maximum Gasteiger partial charge on any atom is 0.223 e. The molecule has 1 aliphatic heterocycles. The van der Waals surface area contributed by atoms with E-state index in [-0.39, 0.29) is 11.8 Å². The van der Waals surface area contributed by atoms with Gasteiger partial charge in [0.25, 0.3) is 0 Å². The van der Waals surface area contributed by atoms with Crippen LogP contribution in [0.1, 0.15) is 12.8 Å². The molecule has 0 bridgehead atoms. The summed E-state index contributed by atoms with van der Waals surface area (Å²) in [6, 6.07) is 1.83. The van der Waals surface area contributed by atoms with Crippen LogP contribution in [0, 0.1) is 5.92 Å². The summed E-state index contributed by atoms with van der Waals surface area (Å²) in [6.07, 6.45) is 3.53.